The Hall–Kier alpha value is -1.59. The Morgan fingerprint density at radius 1 is 1.20 bits per heavy atom. The van der Waals surface area contributed by atoms with Crippen LogP contribution in [-0.2, 0) is 0 Å². The fraction of sp³-hybridized carbons (Fsp3) is 0.429. The average Bonchev–Trinajstić information content (AvgIpc) is 2.74. The van der Waals surface area contributed by atoms with Gasteiger partial charge in [0.1, 0.15) is 0 Å². The summed E-state index contributed by atoms with van der Waals surface area (Å²) in [6.45, 7) is 5.97. The van der Waals surface area contributed by atoms with Crippen molar-refractivity contribution in [3.05, 3.63) is 28.8 Å². The smallest absolute Gasteiger partial charge is 0.245 e. The predicted octanol–water partition coefficient (Wildman–Crippen LogP) is 2.23. The maximum Gasteiger partial charge on any atom is 0.245 e. The van der Waals surface area contributed by atoms with Crippen LogP contribution >= 0.6 is 11.6 Å². The van der Waals surface area contributed by atoms with Gasteiger partial charge in [0.05, 0.1) is 0 Å². The van der Waals surface area contributed by atoms with Gasteiger partial charge in [0.25, 0.3) is 0 Å². The molecule has 1 aliphatic heterocycles. The minimum atomic E-state index is 0.719. The Morgan fingerprint density at radius 3 is 2.95 bits per heavy atom. The summed E-state index contributed by atoms with van der Waals surface area (Å²) in [4.78, 5) is 6.81. The minimum Gasteiger partial charge on any atom is -0.338 e. The second kappa shape index (κ2) is 5.81. The number of hydrogen-bond donors (Lipinski definition) is 2. The molecule has 0 spiro atoms. The van der Waals surface area contributed by atoms with Gasteiger partial charge in [-0.05, 0) is 43.7 Å². The Morgan fingerprint density at radius 2 is 2.10 bits per heavy atom. The summed E-state index contributed by atoms with van der Waals surface area (Å²) in [5.41, 5.74) is 2.09. The number of aromatic nitrogens is 3. The molecule has 0 bridgehead atoms. The van der Waals surface area contributed by atoms with Crippen LogP contribution in [0.2, 0.25) is 5.02 Å². The summed E-state index contributed by atoms with van der Waals surface area (Å²) in [7, 11) is 0. The van der Waals surface area contributed by atoms with Gasteiger partial charge in [-0.3, -0.25) is 5.10 Å². The molecule has 1 saturated heterocycles. The summed E-state index contributed by atoms with van der Waals surface area (Å²) < 4.78 is 0. The quantitative estimate of drug-likeness (QED) is 0.891. The number of nitrogens with one attached hydrogen (secondary N) is 2. The van der Waals surface area contributed by atoms with E-state index in [2.05, 4.69) is 31.5 Å². The Kier molecular flexibility index (Phi) is 3.89. The first-order chi connectivity index (χ1) is 9.72. The number of halogens is 1. The summed E-state index contributed by atoms with van der Waals surface area (Å²) in [5, 5.41) is 11.4. The van der Waals surface area contributed by atoms with Crippen LogP contribution in [0.25, 0.3) is 11.4 Å². The third kappa shape index (κ3) is 2.94. The van der Waals surface area contributed by atoms with Crippen LogP contribution in [-0.4, -0.2) is 41.4 Å². The molecule has 0 atom stereocenters. The zero-order valence-electron chi connectivity index (χ0n) is 11.5. The van der Waals surface area contributed by atoms with E-state index in [1.807, 2.05) is 19.1 Å². The van der Waals surface area contributed by atoms with Crippen molar-refractivity contribution in [2.45, 2.75) is 13.3 Å². The highest BCUT2D eigenvalue weighted by Gasteiger charge is 2.15. The van der Waals surface area contributed by atoms with Crippen molar-refractivity contribution in [1.29, 1.82) is 0 Å². The first kappa shape index (κ1) is 13.4. The van der Waals surface area contributed by atoms with Crippen molar-refractivity contribution >= 4 is 17.5 Å². The molecule has 0 aliphatic carbocycles. The topological polar surface area (TPSA) is 56.8 Å². The average molecular weight is 292 g/mol. The molecule has 2 heterocycles. The van der Waals surface area contributed by atoms with E-state index >= 15 is 0 Å². The molecule has 0 unspecified atom stereocenters. The minimum absolute atomic E-state index is 0.719. The molecule has 1 aliphatic rings. The number of H-pyrrole nitrogens is 1. The lowest BCUT2D eigenvalue weighted by molar-refractivity contribution is 0.724. The Balaban J connectivity index is 1.85. The molecule has 6 heteroatoms. The normalized spacial score (nSPS) is 16.2. The third-order valence-corrected chi connectivity index (χ3v) is 3.63. The number of aryl methyl sites for hydroxylation is 1. The van der Waals surface area contributed by atoms with Crippen LogP contribution in [0.4, 0.5) is 5.95 Å². The van der Waals surface area contributed by atoms with E-state index in [9.17, 15) is 0 Å². The Bertz CT molecular complexity index is 567. The second-order valence-corrected chi connectivity index (χ2v) is 5.53. The van der Waals surface area contributed by atoms with Crippen molar-refractivity contribution < 1.29 is 0 Å². The highest BCUT2D eigenvalue weighted by atomic mass is 35.5. The van der Waals surface area contributed by atoms with Crippen LogP contribution in [0, 0.1) is 6.92 Å². The number of anilines is 1. The van der Waals surface area contributed by atoms with E-state index < -0.39 is 0 Å². The Labute approximate surface area is 123 Å². The molecule has 1 fully saturated rings. The molecule has 1 aromatic carbocycles. The van der Waals surface area contributed by atoms with E-state index in [0.717, 1.165) is 60.5 Å². The number of benzene rings is 1. The summed E-state index contributed by atoms with van der Waals surface area (Å²) in [6.07, 6.45) is 1.11. The van der Waals surface area contributed by atoms with Gasteiger partial charge < -0.3 is 10.2 Å². The molecule has 0 amide bonds. The first-order valence-electron chi connectivity index (χ1n) is 6.88. The monoisotopic (exact) mass is 291 g/mol. The maximum atomic E-state index is 6.10. The summed E-state index contributed by atoms with van der Waals surface area (Å²) in [5.74, 6) is 1.53. The van der Waals surface area contributed by atoms with Crippen LogP contribution in [0.1, 0.15) is 12.0 Å². The highest BCUT2D eigenvalue weighted by molar-refractivity contribution is 6.30. The van der Waals surface area contributed by atoms with Crippen molar-refractivity contribution in [3.8, 4) is 11.4 Å². The molecule has 20 heavy (non-hydrogen) atoms. The molecule has 106 valence electrons. The van der Waals surface area contributed by atoms with Crippen molar-refractivity contribution in [1.82, 2.24) is 20.5 Å². The van der Waals surface area contributed by atoms with Crippen molar-refractivity contribution in [2.75, 3.05) is 31.1 Å². The van der Waals surface area contributed by atoms with Crippen molar-refractivity contribution in [2.24, 2.45) is 0 Å². The molecule has 0 saturated carbocycles. The van der Waals surface area contributed by atoms with Crippen LogP contribution in [0.5, 0.6) is 0 Å². The third-order valence-electron chi connectivity index (χ3n) is 3.41. The van der Waals surface area contributed by atoms with E-state index in [4.69, 9.17) is 11.6 Å². The molecule has 2 aromatic rings. The van der Waals surface area contributed by atoms with Crippen LogP contribution < -0.4 is 10.2 Å². The lowest BCUT2D eigenvalue weighted by Crippen LogP contribution is -2.28. The lowest BCUT2D eigenvalue weighted by Gasteiger charge is -2.16. The van der Waals surface area contributed by atoms with Gasteiger partial charge in [-0.2, -0.15) is 4.98 Å². The first-order valence-corrected chi connectivity index (χ1v) is 7.26. The fourth-order valence-corrected chi connectivity index (χ4v) is 2.73. The summed E-state index contributed by atoms with van der Waals surface area (Å²) in [6, 6.07) is 5.89. The molecule has 2 N–H and O–H groups in total. The predicted molar refractivity (Wildman–Crippen MR) is 81.3 cm³/mol. The highest BCUT2D eigenvalue weighted by Crippen LogP contribution is 2.23. The van der Waals surface area contributed by atoms with E-state index in [1.165, 1.54) is 0 Å². The molecular formula is C14H18ClN5. The van der Waals surface area contributed by atoms with Gasteiger partial charge in [-0.1, -0.05) is 11.6 Å². The van der Waals surface area contributed by atoms with Gasteiger partial charge in [0.15, 0.2) is 5.82 Å². The molecule has 0 radical (unpaired) electrons. The molecular weight excluding hydrogens is 274 g/mol. The molecule has 5 nitrogen and oxygen atoms in total. The number of nitrogens with zero attached hydrogens (tertiary/aromatic N) is 3. The van der Waals surface area contributed by atoms with E-state index in [1.54, 1.807) is 0 Å². The number of rotatable bonds is 2. The standard InChI is InChI=1S/C14H18ClN5/c1-10-7-11(9-12(15)8-10)13-17-14(19-18-13)20-5-2-3-16-4-6-20/h7-9,16H,2-6H2,1H3,(H,17,18,19). The van der Waals surface area contributed by atoms with Gasteiger partial charge >= 0.3 is 0 Å². The van der Waals surface area contributed by atoms with Crippen molar-refractivity contribution in [3.63, 3.8) is 0 Å². The van der Waals surface area contributed by atoms with Crippen LogP contribution in [0.15, 0.2) is 18.2 Å². The maximum absolute atomic E-state index is 6.10. The van der Waals surface area contributed by atoms with Gasteiger partial charge in [0, 0.05) is 30.2 Å². The number of aromatic amines is 1. The number of hydrogen-bond acceptors (Lipinski definition) is 4. The largest absolute Gasteiger partial charge is 0.338 e. The van der Waals surface area contributed by atoms with Gasteiger partial charge in [-0.15, -0.1) is 5.10 Å². The van der Waals surface area contributed by atoms with E-state index in [-0.39, 0.29) is 0 Å². The van der Waals surface area contributed by atoms with E-state index in [0.29, 0.717) is 0 Å². The lowest BCUT2D eigenvalue weighted by atomic mass is 10.1. The zero-order chi connectivity index (χ0) is 13.9. The molecule has 3 rings (SSSR count). The van der Waals surface area contributed by atoms with Crippen LogP contribution in [0.3, 0.4) is 0 Å². The van der Waals surface area contributed by atoms with Gasteiger partial charge in [0.2, 0.25) is 5.95 Å². The fourth-order valence-electron chi connectivity index (χ4n) is 2.44. The molecule has 1 aromatic heterocycles. The summed E-state index contributed by atoms with van der Waals surface area (Å²) >= 11 is 6.10. The van der Waals surface area contributed by atoms with Gasteiger partial charge in [-0.25, -0.2) is 0 Å². The SMILES string of the molecule is Cc1cc(Cl)cc(-c2nc(N3CCCNCC3)n[nH]2)c1. The second-order valence-electron chi connectivity index (χ2n) is 5.09. The zero-order valence-corrected chi connectivity index (χ0v) is 12.2.